The molecule has 0 radical (unpaired) electrons. The van der Waals surface area contributed by atoms with Gasteiger partial charge in [-0.1, -0.05) is 92.8 Å². The Balaban J connectivity index is 3.09. The molecule has 0 aliphatic rings. The second kappa shape index (κ2) is 19.7. The van der Waals surface area contributed by atoms with Crippen molar-refractivity contribution in [3.8, 4) is 0 Å². The Kier molecular flexibility index (Phi) is 19.5. The predicted octanol–water partition coefficient (Wildman–Crippen LogP) is 6.96. The Labute approximate surface area is 152 Å². The molecule has 0 atom stereocenters. The van der Waals surface area contributed by atoms with Crippen molar-refractivity contribution < 1.29 is 9.53 Å². The second-order valence-electron chi connectivity index (χ2n) is 6.29. The summed E-state index contributed by atoms with van der Waals surface area (Å²) in [4.78, 5) is 10.9. The number of allylic oxidation sites excluding steroid dienone is 2. The van der Waals surface area contributed by atoms with Gasteiger partial charge >= 0.3 is 5.97 Å². The summed E-state index contributed by atoms with van der Waals surface area (Å²) in [5.74, 6) is -0.155. The van der Waals surface area contributed by atoms with Gasteiger partial charge in [-0.05, 0) is 32.1 Å². The van der Waals surface area contributed by atoms with Crippen LogP contribution in [-0.2, 0) is 9.53 Å². The van der Waals surface area contributed by atoms with E-state index in [0.717, 1.165) is 6.42 Å². The topological polar surface area (TPSA) is 26.3 Å². The van der Waals surface area contributed by atoms with E-state index >= 15 is 0 Å². The Morgan fingerprint density at radius 3 is 1.78 bits per heavy atom. The zero-order valence-electron chi connectivity index (χ0n) is 15.2. The van der Waals surface area contributed by atoms with Crippen LogP contribution >= 0.6 is 15.9 Å². The Morgan fingerprint density at radius 1 is 0.783 bits per heavy atom. The van der Waals surface area contributed by atoms with Crippen LogP contribution in [0.1, 0.15) is 96.8 Å². The van der Waals surface area contributed by atoms with Crippen LogP contribution in [0.15, 0.2) is 12.2 Å². The molecule has 136 valence electrons. The molecule has 0 aromatic carbocycles. The van der Waals surface area contributed by atoms with Crippen LogP contribution in [0.2, 0.25) is 0 Å². The van der Waals surface area contributed by atoms with Gasteiger partial charge in [0.25, 0.3) is 0 Å². The molecule has 0 fully saturated rings. The zero-order valence-corrected chi connectivity index (χ0v) is 16.7. The van der Waals surface area contributed by atoms with Crippen molar-refractivity contribution in [3.63, 3.8) is 0 Å². The molecule has 0 saturated carbocycles. The number of halogens is 1. The summed E-state index contributed by atoms with van der Waals surface area (Å²) >= 11 is 3.08. The van der Waals surface area contributed by atoms with Crippen LogP contribution in [-0.4, -0.2) is 17.9 Å². The number of unbranched alkanes of at least 4 members (excludes halogenated alkanes) is 12. The first-order valence-electron chi connectivity index (χ1n) is 9.67. The van der Waals surface area contributed by atoms with E-state index in [1.807, 2.05) is 0 Å². The third-order valence-corrected chi connectivity index (χ3v) is 4.49. The van der Waals surface area contributed by atoms with E-state index in [2.05, 4.69) is 35.0 Å². The molecular formula is C20H37BrO2. The fourth-order valence-electron chi connectivity index (χ4n) is 2.57. The van der Waals surface area contributed by atoms with Gasteiger partial charge in [-0.3, -0.25) is 4.79 Å². The molecule has 0 amide bonds. The largest absolute Gasteiger partial charge is 0.465 e. The van der Waals surface area contributed by atoms with Crippen LogP contribution in [0.25, 0.3) is 0 Å². The number of alkyl halides is 1. The molecule has 0 heterocycles. The average Bonchev–Trinajstić information content (AvgIpc) is 2.57. The highest BCUT2D eigenvalue weighted by Crippen LogP contribution is 2.10. The monoisotopic (exact) mass is 388 g/mol. The molecule has 0 saturated heterocycles. The molecule has 2 nitrogen and oxygen atoms in total. The van der Waals surface area contributed by atoms with E-state index in [1.165, 1.54) is 83.5 Å². The van der Waals surface area contributed by atoms with Crippen molar-refractivity contribution in [3.05, 3.63) is 12.2 Å². The summed E-state index contributed by atoms with van der Waals surface area (Å²) in [5, 5.41) is 0.305. The highest BCUT2D eigenvalue weighted by Gasteiger charge is 1.98. The van der Waals surface area contributed by atoms with E-state index in [1.54, 1.807) is 0 Å². The normalized spacial score (nSPS) is 11.2. The molecule has 23 heavy (non-hydrogen) atoms. The summed E-state index contributed by atoms with van der Waals surface area (Å²) < 4.78 is 5.02. The van der Waals surface area contributed by atoms with E-state index in [-0.39, 0.29) is 5.97 Å². The maximum atomic E-state index is 10.9. The van der Waals surface area contributed by atoms with Crippen LogP contribution in [0.3, 0.4) is 0 Å². The maximum Gasteiger partial charge on any atom is 0.316 e. The molecule has 3 heteroatoms. The molecule has 0 aliphatic carbocycles. The van der Waals surface area contributed by atoms with E-state index in [9.17, 15) is 4.79 Å². The lowest BCUT2D eigenvalue weighted by Crippen LogP contribution is -2.06. The second-order valence-corrected chi connectivity index (χ2v) is 6.85. The summed E-state index contributed by atoms with van der Waals surface area (Å²) in [6.45, 7) is 2.84. The summed E-state index contributed by atoms with van der Waals surface area (Å²) in [6.07, 6.45) is 22.9. The maximum absolute atomic E-state index is 10.9. The molecule has 0 unspecified atom stereocenters. The highest BCUT2D eigenvalue weighted by molar-refractivity contribution is 9.09. The van der Waals surface area contributed by atoms with Gasteiger partial charge in [0, 0.05) is 0 Å². The average molecular weight is 389 g/mol. The number of carbonyl (C=O) groups is 1. The van der Waals surface area contributed by atoms with Gasteiger partial charge < -0.3 is 4.74 Å². The van der Waals surface area contributed by atoms with Crippen LogP contribution < -0.4 is 0 Å². The zero-order chi connectivity index (χ0) is 17.0. The Morgan fingerprint density at radius 2 is 1.26 bits per heavy atom. The number of esters is 1. The fraction of sp³-hybridized carbons (Fsp3) is 0.850. The summed E-state index contributed by atoms with van der Waals surface area (Å²) in [5.41, 5.74) is 0. The van der Waals surface area contributed by atoms with Gasteiger partial charge in [-0.15, -0.1) is 0 Å². The molecule has 0 aromatic rings. The van der Waals surface area contributed by atoms with Gasteiger partial charge in [-0.2, -0.15) is 0 Å². The quantitative estimate of drug-likeness (QED) is 0.116. The summed E-state index contributed by atoms with van der Waals surface area (Å²) in [7, 11) is 0. The minimum atomic E-state index is -0.155. The van der Waals surface area contributed by atoms with Crippen LogP contribution in [0.4, 0.5) is 0 Å². The van der Waals surface area contributed by atoms with Gasteiger partial charge in [0.05, 0.1) is 6.61 Å². The number of carbonyl (C=O) groups excluding carboxylic acids is 1. The Bertz CT molecular complexity index is 277. The van der Waals surface area contributed by atoms with Crippen LogP contribution in [0.5, 0.6) is 0 Å². The predicted molar refractivity (Wildman–Crippen MR) is 104 cm³/mol. The number of ether oxygens (including phenoxy) is 1. The first kappa shape index (κ1) is 22.7. The minimum absolute atomic E-state index is 0.155. The molecule has 0 N–H and O–H groups in total. The first-order chi connectivity index (χ1) is 11.3. The fourth-order valence-corrected chi connectivity index (χ4v) is 2.74. The van der Waals surface area contributed by atoms with E-state index in [0.29, 0.717) is 11.9 Å². The van der Waals surface area contributed by atoms with E-state index < -0.39 is 0 Å². The molecule has 0 rings (SSSR count). The number of rotatable bonds is 17. The molecule has 0 bridgehead atoms. The van der Waals surface area contributed by atoms with E-state index in [4.69, 9.17) is 4.74 Å². The standard InChI is InChI=1S/C20H37BrO2/c1-2-3-4-5-6-7-8-9-10-11-12-13-14-15-16-17-18-23-20(22)19-21/h9-10H,2-8,11-19H2,1H3. The third-order valence-electron chi connectivity index (χ3n) is 4.03. The third kappa shape index (κ3) is 19.6. The smallest absolute Gasteiger partial charge is 0.316 e. The molecule has 0 aliphatic heterocycles. The summed E-state index contributed by atoms with van der Waals surface area (Å²) in [6, 6.07) is 0. The van der Waals surface area contributed by atoms with Crippen molar-refractivity contribution in [2.45, 2.75) is 96.8 Å². The van der Waals surface area contributed by atoms with Crippen molar-refractivity contribution in [2.75, 3.05) is 11.9 Å². The molecule has 0 spiro atoms. The van der Waals surface area contributed by atoms with Gasteiger partial charge in [0.2, 0.25) is 0 Å². The lowest BCUT2D eigenvalue weighted by molar-refractivity contribution is -0.140. The molecular weight excluding hydrogens is 352 g/mol. The minimum Gasteiger partial charge on any atom is -0.465 e. The Hall–Kier alpha value is -0.310. The lowest BCUT2D eigenvalue weighted by atomic mass is 10.1. The van der Waals surface area contributed by atoms with Crippen molar-refractivity contribution in [2.24, 2.45) is 0 Å². The van der Waals surface area contributed by atoms with Gasteiger partial charge in [0.1, 0.15) is 5.33 Å². The van der Waals surface area contributed by atoms with Gasteiger partial charge in [0.15, 0.2) is 0 Å². The van der Waals surface area contributed by atoms with Crippen molar-refractivity contribution in [1.29, 1.82) is 0 Å². The van der Waals surface area contributed by atoms with Crippen molar-refractivity contribution in [1.82, 2.24) is 0 Å². The first-order valence-corrected chi connectivity index (χ1v) is 10.8. The lowest BCUT2D eigenvalue weighted by Gasteiger charge is -2.02. The highest BCUT2D eigenvalue weighted by atomic mass is 79.9. The number of hydrogen-bond acceptors (Lipinski definition) is 2. The van der Waals surface area contributed by atoms with Gasteiger partial charge in [-0.25, -0.2) is 0 Å². The SMILES string of the molecule is CCCCCCCCC=CCCCCCCCCOC(=O)CBr. The molecule has 0 aromatic heterocycles. The van der Waals surface area contributed by atoms with Crippen molar-refractivity contribution >= 4 is 21.9 Å². The number of hydrogen-bond donors (Lipinski definition) is 0. The van der Waals surface area contributed by atoms with Crippen LogP contribution in [0, 0.1) is 0 Å².